The number of hydrogen-bond acceptors (Lipinski definition) is 5. The average Bonchev–Trinajstić information content (AvgIpc) is 2.66. The predicted molar refractivity (Wildman–Crippen MR) is 83.4 cm³/mol. The monoisotopic (exact) mass is 498 g/mol. The summed E-state index contributed by atoms with van der Waals surface area (Å²) < 4.78 is 20.5. The summed E-state index contributed by atoms with van der Waals surface area (Å²) >= 11 is 0. The molecule has 0 aliphatic carbocycles. The third-order valence-corrected chi connectivity index (χ3v) is 3.34. The van der Waals surface area contributed by atoms with E-state index in [0.29, 0.717) is 16.6 Å². The first kappa shape index (κ1) is 22.4. The molecule has 0 N–H and O–H groups in total. The van der Waals surface area contributed by atoms with E-state index in [1.165, 1.54) is 13.7 Å². The molecule has 2 rings (SSSR count). The van der Waals surface area contributed by atoms with Crippen molar-refractivity contribution in [1.82, 2.24) is 4.90 Å². The van der Waals surface area contributed by atoms with Gasteiger partial charge in [-0.25, -0.2) is 0 Å². The number of ether oxygens (including phenoxy) is 3. The van der Waals surface area contributed by atoms with Gasteiger partial charge in [-0.2, -0.15) is 8.29 Å². The molecular formula is C16H27NO5W. The van der Waals surface area contributed by atoms with Gasteiger partial charge in [-0.15, -0.1) is 0 Å². The van der Waals surface area contributed by atoms with Gasteiger partial charge in [0, 0.05) is 30.7 Å². The standard InChI is InChI=1S/C7H9NO2.C6H12O2.C3H6O.W/c1-4-5(2)7(10)8(3)6(4)9;1-6(3-7-2)4-8-5-6;1-3-4-2;/h1-3H3;3-5H2,1-2H3;3H,2H2,1H3;/q;;-2;+2/i;;2D;. The number of imide groups is 1. The van der Waals surface area contributed by atoms with E-state index in [1.807, 2.05) is 0 Å². The van der Waals surface area contributed by atoms with E-state index < -0.39 is 0 Å². The van der Waals surface area contributed by atoms with Gasteiger partial charge in [-0.3, -0.25) is 28.2 Å². The Balaban J connectivity index is 0. The molecule has 0 atom stereocenters. The number of methoxy groups -OCH3 is 1. The van der Waals surface area contributed by atoms with Crippen LogP contribution in [-0.4, -0.2) is 50.7 Å². The fraction of sp³-hybridized carbons (Fsp3) is 0.625. The average molecular weight is 498 g/mol. The molecule has 6 nitrogen and oxygen atoms in total. The molecule has 0 spiro atoms. The van der Waals surface area contributed by atoms with Gasteiger partial charge < -0.3 is 14.2 Å². The molecule has 2 heterocycles. The third-order valence-electron chi connectivity index (χ3n) is 3.34. The third kappa shape index (κ3) is 7.71. The van der Waals surface area contributed by atoms with Crippen molar-refractivity contribution in [3.63, 3.8) is 0 Å². The Kier molecular flexibility index (Phi) is 11.6. The molecule has 2 amide bonds. The second kappa shape index (κ2) is 11.9. The fourth-order valence-electron chi connectivity index (χ4n) is 1.80. The minimum atomic E-state index is -0.178. The van der Waals surface area contributed by atoms with E-state index in [4.69, 9.17) is 10.8 Å². The summed E-state index contributed by atoms with van der Waals surface area (Å²) in [6, 6.07) is 0. The van der Waals surface area contributed by atoms with Crippen LogP contribution in [0.3, 0.4) is 0 Å². The van der Waals surface area contributed by atoms with Crippen LogP contribution in [0.1, 0.15) is 29.1 Å². The predicted octanol–water partition coefficient (Wildman–Crippen LogP) is 1.96. The van der Waals surface area contributed by atoms with Gasteiger partial charge in [0.25, 0.3) is 11.8 Å². The molecule has 0 radical (unpaired) electrons. The van der Waals surface area contributed by atoms with Crippen LogP contribution < -0.4 is 0 Å². The van der Waals surface area contributed by atoms with Crippen molar-refractivity contribution >= 4 is 11.8 Å². The van der Waals surface area contributed by atoms with Gasteiger partial charge in [0.2, 0.25) is 0 Å². The largest absolute Gasteiger partial charge is 2.00 e. The zero-order valence-electron chi connectivity index (χ0n) is 15.7. The minimum Gasteiger partial charge on any atom is -0.717 e. The van der Waals surface area contributed by atoms with E-state index in [9.17, 15) is 9.59 Å². The molecular weight excluding hydrogens is 470 g/mol. The van der Waals surface area contributed by atoms with E-state index in [2.05, 4.69) is 11.7 Å². The Morgan fingerprint density at radius 1 is 1.35 bits per heavy atom. The van der Waals surface area contributed by atoms with Crippen LogP contribution >= 0.6 is 0 Å². The van der Waals surface area contributed by atoms with Gasteiger partial charge in [-0.1, -0.05) is 6.92 Å². The summed E-state index contributed by atoms with van der Waals surface area (Å²) in [7, 11) is 4.09. The van der Waals surface area contributed by atoms with E-state index in [1.54, 1.807) is 27.9 Å². The SMILES string of the molecule is CC1=C(C)C(=O)N(C)C1=O.COCC1(C)COC1.[2H][CH-]O[CH-]C.[W+2]. The van der Waals surface area contributed by atoms with Crippen molar-refractivity contribution < 1.29 is 46.2 Å². The van der Waals surface area contributed by atoms with Gasteiger partial charge >= 0.3 is 21.1 Å². The smallest absolute Gasteiger partial charge is 0.717 e. The van der Waals surface area contributed by atoms with Crippen molar-refractivity contribution in [2.24, 2.45) is 5.41 Å². The van der Waals surface area contributed by atoms with Crippen molar-refractivity contribution in [1.29, 1.82) is 0 Å². The number of likely N-dealkylation sites (N-methyl/N-ethyl adjacent to an activating group) is 1. The second-order valence-corrected chi connectivity index (χ2v) is 5.53. The zero-order chi connectivity index (χ0) is 18.0. The number of carbonyl (C=O) groups is 2. The Morgan fingerprint density at radius 3 is 1.91 bits per heavy atom. The number of carbonyl (C=O) groups excluding carboxylic acids is 2. The first-order valence-corrected chi connectivity index (χ1v) is 6.94. The van der Waals surface area contributed by atoms with Crippen molar-refractivity contribution in [3.05, 3.63) is 24.8 Å². The Hall–Kier alpha value is -0.552. The summed E-state index contributed by atoms with van der Waals surface area (Å²) in [6.45, 7) is 11.2. The maximum absolute atomic E-state index is 11.0. The number of hydrogen-bond donors (Lipinski definition) is 0. The van der Waals surface area contributed by atoms with Crippen LogP contribution in [-0.2, 0) is 44.9 Å². The maximum Gasteiger partial charge on any atom is 2.00 e. The molecule has 2 aliphatic heterocycles. The topological polar surface area (TPSA) is 65.1 Å². The van der Waals surface area contributed by atoms with Crippen molar-refractivity contribution in [2.75, 3.05) is 34.0 Å². The van der Waals surface area contributed by atoms with Crippen LogP contribution in [0.25, 0.3) is 0 Å². The van der Waals surface area contributed by atoms with Crippen molar-refractivity contribution in [2.45, 2.75) is 27.7 Å². The van der Waals surface area contributed by atoms with Crippen LogP contribution in [0.2, 0.25) is 0 Å². The molecule has 132 valence electrons. The van der Waals surface area contributed by atoms with Crippen LogP contribution in [0.5, 0.6) is 0 Å². The number of amides is 2. The van der Waals surface area contributed by atoms with Gasteiger partial charge in [0.1, 0.15) is 0 Å². The Labute approximate surface area is 155 Å². The van der Waals surface area contributed by atoms with E-state index in [0.717, 1.165) is 31.8 Å². The minimum absolute atomic E-state index is 0. The van der Waals surface area contributed by atoms with E-state index >= 15 is 0 Å². The molecule has 0 saturated carbocycles. The Bertz CT molecular complexity index is 412. The quantitative estimate of drug-likeness (QED) is 0.439. The molecule has 1 saturated heterocycles. The number of nitrogens with zero attached hydrogens (tertiary/aromatic N) is 1. The molecule has 1 fully saturated rings. The van der Waals surface area contributed by atoms with Crippen molar-refractivity contribution in [3.8, 4) is 0 Å². The fourth-order valence-corrected chi connectivity index (χ4v) is 1.80. The normalized spacial score (nSPS) is 18.9. The molecule has 7 heteroatoms. The van der Waals surface area contributed by atoms with Gasteiger partial charge in [0.05, 0.1) is 19.8 Å². The Morgan fingerprint density at radius 2 is 1.83 bits per heavy atom. The molecule has 2 aliphatic rings. The summed E-state index contributed by atoms with van der Waals surface area (Å²) in [6.07, 6.45) is 0. The summed E-state index contributed by atoms with van der Waals surface area (Å²) in [5.74, 6) is -0.356. The maximum atomic E-state index is 11.0. The molecule has 0 aromatic heterocycles. The van der Waals surface area contributed by atoms with Crippen LogP contribution in [0.15, 0.2) is 11.1 Å². The first-order valence-electron chi connectivity index (χ1n) is 7.51. The van der Waals surface area contributed by atoms with E-state index in [-0.39, 0.29) is 32.9 Å². The summed E-state index contributed by atoms with van der Waals surface area (Å²) in [5, 5.41) is 0. The zero-order valence-corrected chi connectivity index (χ0v) is 17.6. The second-order valence-electron chi connectivity index (χ2n) is 5.53. The molecule has 0 unspecified atom stereocenters. The molecule has 0 aromatic rings. The van der Waals surface area contributed by atoms with Gasteiger partial charge in [-0.05, 0) is 13.8 Å². The van der Waals surface area contributed by atoms with Crippen LogP contribution in [0, 0.1) is 19.1 Å². The number of rotatable bonds is 4. The molecule has 0 aromatic carbocycles. The molecule has 0 bridgehead atoms. The summed E-state index contributed by atoms with van der Waals surface area (Å²) in [4.78, 5) is 23.1. The summed E-state index contributed by atoms with van der Waals surface area (Å²) in [5.41, 5.74) is 1.45. The van der Waals surface area contributed by atoms with Crippen LogP contribution in [0.4, 0.5) is 0 Å². The first-order chi connectivity index (χ1) is 10.7. The van der Waals surface area contributed by atoms with Gasteiger partial charge in [0.15, 0.2) is 0 Å². The molecule has 23 heavy (non-hydrogen) atoms.